The smallest absolute Gasteiger partial charge is 0.339 e. The molecule has 0 rings (SSSR count). The number of aliphatic carboxylic acids is 1. The van der Waals surface area contributed by atoms with Gasteiger partial charge in [0.2, 0.25) is 0 Å². The van der Waals surface area contributed by atoms with E-state index in [0.29, 0.717) is 12.0 Å². The molecule has 2 N–H and O–H groups in total. The molecule has 0 radical (unpaired) electrons. The Balaban J connectivity index is 4.76. The van der Waals surface area contributed by atoms with Crippen molar-refractivity contribution in [3.05, 3.63) is 46.3 Å². The van der Waals surface area contributed by atoms with E-state index in [2.05, 4.69) is 25.8 Å². The highest BCUT2D eigenvalue weighted by Gasteiger charge is 2.15. The molecule has 0 fully saturated rings. The third-order valence-corrected chi connectivity index (χ3v) is 3.16. The second-order valence-electron chi connectivity index (χ2n) is 5.53. The van der Waals surface area contributed by atoms with Crippen LogP contribution in [0, 0.1) is 12.3 Å². The minimum Gasteiger partial charge on any atom is -0.511 e. The fourth-order valence-electron chi connectivity index (χ4n) is 1.99. The van der Waals surface area contributed by atoms with Crippen LogP contribution >= 0.6 is 0 Å². The quantitative estimate of drug-likeness (QED) is 0.220. The van der Waals surface area contributed by atoms with Crippen molar-refractivity contribution in [1.29, 1.82) is 0 Å². The van der Waals surface area contributed by atoms with E-state index in [4.69, 9.17) is 11.5 Å². The molecule has 0 spiro atoms. The zero-order valence-electron chi connectivity index (χ0n) is 13.9. The van der Waals surface area contributed by atoms with E-state index in [-0.39, 0.29) is 17.8 Å². The molecule has 0 heterocycles. The van der Waals surface area contributed by atoms with Gasteiger partial charge >= 0.3 is 5.97 Å². The largest absolute Gasteiger partial charge is 0.511 e. The molecular formula is C19H26O3. The van der Waals surface area contributed by atoms with Gasteiger partial charge in [-0.25, -0.2) is 4.79 Å². The second-order valence-corrected chi connectivity index (χ2v) is 5.53. The maximum atomic E-state index is 11.2. The van der Waals surface area contributed by atoms with Crippen LogP contribution in [-0.4, -0.2) is 16.2 Å². The molecule has 0 unspecified atom stereocenters. The van der Waals surface area contributed by atoms with Crippen molar-refractivity contribution in [1.82, 2.24) is 0 Å². The Labute approximate surface area is 133 Å². The highest BCUT2D eigenvalue weighted by atomic mass is 16.4. The number of carboxylic acid groups (broad SMARTS) is 1. The third-order valence-electron chi connectivity index (χ3n) is 3.16. The molecule has 0 amide bonds. The van der Waals surface area contributed by atoms with Crippen LogP contribution in [0.3, 0.4) is 0 Å². The van der Waals surface area contributed by atoms with Crippen LogP contribution in [0.15, 0.2) is 46.3 Å². The predicted octanol–water partition coefficient (Wildman–Crippen LogP) is 4.94. The average Bonchev–Trinajstić information content (AvgIpc) is 2.38. The molecule has 0 saturated heterocycles. The van der Waals surface area contributed by atoms with Gasteiger partial charge in [-0.3, -0.25) is 0 Å². The van der Waals surface area contributed by atoms with Gasteiger partial charge in [-0.2, -0.15) is 0 Å². The zero-order valence-corrected chi connectivity index (χ0v) is 13.9. The lowest BCUT2D eigenvalue weighted by molar-refractivity contribution is -0.132. The van der Waals surface area contributed by atoms with Gasteiger partial charge in [-0.05, 0) is 58.6 Å². The average molecular weight is 302 g/mol. The first-order valence-electron chi connectivity index (χ1n) is 7.37. The number of aliphatic hydroxyl groups excluding tert-OH is 1. The van der Waals surface area contributed by atoms with Gasteiger partial charge < -0.3 is 10.2 Å². The second kappa shape index (κ2) is 10.5. The first-order chi connectivity index (χ1) is 10.3. The summed E-state index contributed by atoms with van der Waals surface area (Å²) in [7, 11) is 0. The fraction of sp³-hybridized carbons (Fsp3) is 0.421. The molecule has 0 aliphatic carbocycles. The Hall–Kier alpha value is -2.21. The molecule has 0 aromatic carbocycles. The molecule has 3 heteroatoms. The van der Waals surface area contributed by atoms with Crippen LogP contribution in [0.25, 0.3) is 0 Å². The van der Waals surface area contributed by atoms with Gasteiger partial charge in [-0.1, -0.05) is 29.2 Å². The number of rotatable bonds is 8. The summed E-state index contributed by atoms with van der Waals surface area (Å²) < 4.78 is 0. The summed E-state index contributed by atoms with van der Waals surface area (Å²) >= 11 is 0. The minimum atomic E-state index is -1.16. The van der Waals surface area contributed by atoms with Crippen molar-refractivity contribution in [2.75, 3.05) is 0 Å². The molecule has 0 atom stereocenters. The Morgan fingerprint density at radius 1 is 1.05 bits per heavy atom. The number of hydrogen-bond acceptors (Lipinski definition) is 2. The summed E-state index contributed by atoms with van der Waals surface area (Å²) in [4.78, 5) is 11.2. The van der Waals surface area contributed by atoms with Crippen LogP contribution in [0.2, 0.25) is 0 Å². The summed E-state index contributed by atoms with van der Waals surface area (Å²) in [6.45, 7) is 7.77. The molecule has 120 valence electrons. The fourth-order valence-corrected chi connectivity index (χ4v) is 1.99. The summed E-state index contributed by atoms with van der Waals surface area (Å²) in [5.41, 5.74) is 2.82. The topological polar surface area (TPSA) is 57.5 Å². The monoisotopic (exact) mass is 302 g/mol. The summed E-state index contributed by atoms with van der Waals surface area (Å²) in [6, 6.07) is 0. The number of hydrogen-bond donors (Lipinski definition) is 2. The first-order valence-corrected chi connectivity index (χ1v) is 7.37. The summed E-state index contributed by atoms with van der Waals surface area (Å²) in [5.74, 6) is 0.980. The first kappa shape index (κ1) is 19.8. The van der Waals surface area contributed by atoms with Crippen molar-refractivity contribution in [2.24, 2.45) is 0 Å². The van der Waals surface area contributed by atoms with E-state index in [1.165, 1.54) is 17.2 Å². The maximum absolute atomic E-state index is 11.2. The molecular weight excluding hydrogens is 276 g/mol. The van der Waals surface area contributed by atoms with Gasteiger partial charge in [-0.15, -0.1) is 6.42 Å². The number of carboxylic acids is 1. The van der Waals surface area contributed by atoms with Gasteiger partial charge in [0.25, 0.3) is 0 Å². The van der Waals surface area contributed by atoms with Gasteiger partial charge in [0.15, 0.2) is 0 Å². The van der Waals surface area contributed by atoms with E-state index < -0.39 is 5.97 Å². The predicted molar refractivity (Wildman–Crippen MR) is 91.5 cm³/mol. The van der Waals surface area contributed by atoms with E-state index in [9.17, 15) is 9.90 Å². The van der Waals surface area contributed by atoms with E-state index in [1.54, 1.807) is 6.92 Å². The van der Waals surface area contributed by atoms with Crippen molar-refractivity contribution in [2.45, 2.75) is 53.4 Å². The molecule has 22 heavy (non-hydrogen) atoms. The maximum Gasteiger partial charge on any atom is 0.339 e. The van der Waals surface area contributed by atoms with Crippen LogP contribution in [0.4, 0.5) is 0 Å². The Morgan fingerprint density at radius 2 is 1.64 bits per heavy atom. The van der Waals surface area contributed by atoms with Crippen LogP contribution in [-0.2, 0) is 4.79 Å². The lowest BCUT2D eigenvalue weighted by Crippen LogP contribution is -2.06. The van der Waals surface area contributed by atoms with Crippen molar-refractivity contribution in [3.63, 3.8) is 0 Å². The molecule has 0 saturated carbocycles. The zero-order chi connectivity index (χ0) is 17.1. The molecule has 0 aromatic heterocycles. The molecule has 0 bridgehead atoms. The normalized spacial score (nSPS) is 13.2. The number of aliphatic hydroxyl groups is 1. The molecule has 0 aromatic rings. The van der Waals surface area contributed by atoms with Crippen molar-refractivity contribution < 1.29 is 15.0 Å². The highest BCUT2D eigenvalue weighted by Crippen LogP contribution is 2.18. The van der Waals surface area contributed by atoms with E-state index >= 15 is 0 Å². The Bertz CT molecular complexity index is 548. The summed E-state index contributed by atoms with van der Waals surface area (Å²) in [5, 5.41) is 19.2. The van der Waals surface area contributed by atoms with Crippen LogP contribution in [0.5, 0.6) is 0 Å². The standard InChI is InChI=1S/C19H26O3/c1-6-9-16(5)18(19(21)22)17(20)13-8-12-15(4)11-7-10-14(2)3/h1,9-10,12,20H,7-8,11,13H2,2-5H3,(H,21,22)/b15-12-,16-9-,18-17-. The number of terminal acetylenes is 1. The number of allylic oxidation sites excluding steroid dienone is 6. The lowest BCUT2D eigenvalue weighted by Gasteiger charge is -2.06. The Kier molecular flexibility index (Phi) is 9.45. The van der Waals surface area contributed by atoms with Gasteiger partial charge in [0, 0.05) is 6.42 Å². The van der Waals surface area contributed by atoms with Gasteiger partial charge in [0.05, 0.1) is 0 Å². The van der Waals surface area contributed by atoms with E-state index in [0.717, 1.165) is 12.8 Å². The molecule has 0 aliphatic heterocycles. The summed E-state index contributed by atoms with van der Waals surface area (Å²) in [6.07, 6.45) is 13.6. The lowest BCUT2D eigenvalue weighted by atomic mass is 10.0. The third kappa shape index (κ3) is 8.16. The number of carbonyl (C=O) groups is 1. The highest BCUT2D eigenvalue weighted by molar-refractivity contribution is 5.92. The van der Waals surface area contributed by atoms with E-state index in [1.807, 2.05) is 13.0 Å². The SMILES string of the molecule is C#C/C=C(C)\C(C(=O)O)=C(\O)CC/C=C(/C)CCC=C(C)C. The van der Waals surface area contributed by atoms with Crippen LogP contribution < -0.4 is 0 Å². The minimum absolute atomic E-state index is 0.103. The van der Waals surface area contributed by atoms with Crippen LogP contribution in [0.1, 0.15) is 53.4 Å². The van der Waals surface area contributed by atoms with Crippen molar-refractivity contribution in [3.8, 4) is 12.3 Å². The molecule has 0 aliphatic rings. The van der Waals surface area contributed by atoms with Gasteiger partial charge in [0.1, 0.15) is 11.3 Å². The van der Waals surface area contributed by atoms with Crippen molar-refractivity contribution >= 4 is 5.97 Å². The Morgan fingerprint density at radius 3 is 2.14 bits per heavy atom. The molecule has 3 nitrogen and oxygen atoms in total.